The van der Waals surface area contributed by atoms with Crippen LogP contribution < -0.4 is 5.32 Å². The fraction of sp³-hybridized carbons (Fsp3) is 0.318. The molecule has 9 nitrogen and oxygen atoms in total. The Morgan fingerprint density at radius 3 is 2.19 bits per heavy atom. The maximum absolute atomic E-state index is 12.9. The molecule has 2 unspecified atom stereocenters. The van der Waals surface area contributed by atoms with Gasteiger partial charge in [0.25, 0.3) is 17.7 Å². The van der Waals surface area contributed by atoms with E-state index < -0.39 is 21.8 Å². The summed E-state index contributed by atoms with van der Waals surface area (Å²) in [5, 5.41) is 2.67. The molecule has 0 aliphatic carbocycles. The summed E-state index contributed by atoms with van der Waals surface area (Å²) in [5.41, 5.74) is 1.13. The molecule has 4 rings (SSSR count). The van der Waals surface area contributed by atoms with Crippen LogP contribution in [0.15, 0.2) is 47.4 Å². The zero-order chi connectivity index (χ0) is 23.2. The van der Waals surface area contributed by atoms with E-state index in [1.807, 2.05) is 13.8 Å². The highest BCUT2D eigenvalue weighted by atomic mass is 32.2. The molecule has 0 bridgehead atoms. The van der Waals surface area contributed by atoms with Gasteiger partial charge in [-0.05, 0) is 56.3 Å². The van der Waals surface area contributed by atoms with Crippen molar-refractivity contribution in [3.63, 3.8) is 0 Å². The van der Waals surface area contributed by atoms with E-state index >= 15 is 0 Å². The quantitative estimate of drug-likeness (QED) is 0.703. The number of sulfonamides is 1. The molecule has 168 valence electrons. The van der Waals surface area contributed by atoms with Crippen molar-refractivity contribution in [2.24, 2.45) is 0 Å². The van der Waals surface area contributed by atoms with Crippen LogP contribution in [-0.4, -0.2) is 67.7 Å². The van der Waals surface area contributed by atoms with Crippen LogP contribution in [0.4, 0.5) is 5.69 Å². The number of carbonyl (C=O) groups excluding carboxylic acids is 3. The number of hydrogen-bond acceptors (Lipinski definition) is 6. The Hall–Kier alpha value is -3.08. The molecular formula is C22H23N3O6S. The first-order chi connectivity index (χ1) is 15.1. The van der Waals surface area contributed by atoms with E-state index in [1.54, 1.807) is 6.07 Å². The van der Waals surface area contributed by atoms with Crippen LogP contribution in [0.25, 0.3) is 0 Å². The van der Waals surface area contributed by atoms with Crippen molar-refractivity contribution in [2.45, 2.75) is 31.0 Å². The van der Waals surface area contributed by atoms with E-state index in [0.717, 1.165) is 4.90 Å². The van der Waals surface area contributed by atoms with E-state index in [0.29, 0.717) is 5.69 Å². The third kappa shape index (κ3) is 3.92. The summed E-state index contributed by atoms with van der Waals surface area (Å²) in [6.45, 7) is 4.19. The molecule has 2 aliphatic heterocycles. The zero-order valence-corrected chi connectivity index (χ0v) is 18.7. The number of rotatable bonds is 4. The van der Waals surface area contributed by atoms with Crippen molar-refractivity contribution < 1.29 is 27.5 Å². The highest BCUT2D eigenvalue weighted by Crippen LogP contribution is 2.25. The number of imide groups is 1. The molecule has 32 heavy (non-hydrogen) atoms. The molecule has 2 atom stereocenters. The van der Waals surface area contributed by atoms with E-state index in [2.05, 4.69) is 5.32 Å². The number of nitrogens with zero attached hydrogens (tertiary/aromatic N) is 2. The standard InChI is InChI=1S/C22H23N3O6S/c1-13-11-25(12-14(2)31-13)32(29,30)17-7-4-15(5-8-17)20(26)23-16-6-9-18-19(10-16)22(28)24(3)21(18)27/h4-10,13-14H,11-12H2,1-3H3,(H,23,26). The molecule has 2 heterocycles. The lowest BCUT2D eigenvalue weighted by molar-refractivity contribution is -0.0440. The maximum Gasteiger partial charge on any atom is 0.261 e. The first-order valence-electron chi connectivity index (χ1n) is 10.1. The Bertz CT molecular complexity index is 1200. The summed E-state index contributed by atoms with van der Waals surface area (Å²) in [5.74, 6) is -1.28. The van der Waals surface area contributed by atoms with Gasteiger partial charge in [0.1, 0.15) is 0 Å². The summed E-state index contributed by atoms with van der Waals surface area (Å²) < 4.78 is 32.9. The van der Waals surface area contributed by atoms with Gasteiger partial charge in [-0.15, -0.1) is 0 Å². The Labute approximate surface area is 186 Å². The molecule has 1 fully saturated rings. The normalized spacial score (nSPS) is 21.5. The zero-order valence-electron chi connectivity index (χ0n) is 17.9. The van der Waals surface area contributed by atoms with E-state index in [4.69, 9.17) is 4.74 Å². The molecule has 2 aliphatic rings. The Balaban J connectivity index is 1.50. The highest BCUT2D eigenvalue weighted by Gasteiger charge is 2.33. The van der Waals surface area contributed by atoms with E-state index in [-0.39, 0.29) is 52.8 Å². The average Bonchev–Trinajstić information content (AvgIpc) is 2.97. The number of morpholine rings is 1. The third-order valence-corrected chi connectivity index (χ3v) is 7.33. The van der Waals surface area contributed by atoms with Gasteiger partial charge in [0.2, 0.25) is 10.0 Å². The lowest BCUT2D eigenvalue weighted by Crippen LogP contribution is -2.48. The van der Waals surface area contributed by atoms with Gasteiger partial charge in [-0.25, -0.2) is 8.42 Å². The second-order valence-corrected chi connectivity index (χ2v) is 9.93. The number of fused-ring (bicyclic) bond motifs is 1. The lowest BCUT2D eigenvalue weighted by atomic mass is 10.1. The van der Waals surface area contributed by atoms with E-state index in [9.17, 15) is 22.8 Å². The summed E-state index contributed by atoms with van der Waals surface area (Å²) in [6, 6.07) is 10.2. The Morgan fingerprint density at radius 1 is 0.969 bits per heavy atom. The summed E-state index contributed by atoms with van der Waals surface area (Å²) in [7, 11) is -2.31. The van der Waals surface area contributed by atoms with Gasteiger partial charge in [0, 0.05) is 31.4 Å². The number of amides is 3. The maximum atomic E-state index is 12.9. The second kappa shape index (κ2) is 8.12. The van der Waals surface area contributed by atoms with Gasteiger partial charge in [0.05, 0.1) is 28.2 Å². The van der Waals surface area contributed by atoms with Gasteiger partial charge >= 0.3 is 0 Å². The molecule has 0 radical (unpaired) electrons. The van der Waals surface area contributed by atoms with Crippen LogP contribution in [0.5, 0.6) is 0 Å². The van der Waals surface area contributed by atoms with Crippen molar-refractivity contribution in [3.8, 4) is 0 Å². The average molecular weight is 458 g/mol. The van der Waals surface area contributed by atoms with Crippen LogP contribution in [0.3, 0.4) is 0 Å². The number of hydrogen-bond donors (Lipinski definition) is 1. The number of carbonyl (C=O) groups is 3. The van der Waals surface area contributed by atoms with Crippen LogP contribution in [-0.2, 0) is 14.8 Å². The minimum Gasteiger partial charge on any atom is -0.373 e. The minimum atomic E-state index is -3.71. The van der Waals surface area contributed by atoms with Crippen LogP contribution in [0.2, 0.25) is 0 Å². The van der Waals surface area contributed by atoms with Crippen molar-refractivity contribution in [1.29, 1.82) is 0 Å². The summed E-state index contributed by atoms with van der Waals surface area (Å²) in [4.78, 5) is 37.9. The molecule has 3 amide bonds. The Morgan fingerprint density at radius 2 is 1.56 bits per heavy atom. The number of nitrogens with one attached hydrogen (secondary N) is 1. The van der Waals surface area contributed by atoms with Crippen LogP contribution >= 0.6 is 0 Å². The number of anilines is 1. The van der Waals surface area contributed by atoms with Gasteiger partial charge in [-0.1, -0.05) is 0 Å². The smallest absolute Gasteiger partial charge is 0.261 e. The van der Waals surface area contributed by atoms with E-state index in [1.165, 1.54) is 47.8 Å². The molecular weight excluding hydrogens is 434 g/mol. The molecule has 0 spiro atoms. The van der Waals surface area contributed by atoms with Gasteiger partial charge in [0.15, 0.2) is 0 Å². The topological polar surface area (TPSA) is 113 Å². The van der Waals surface area contributed by atoms with Crippen LogP contribution in [0.1, 0.15) is 44.9 Å². The SMILES string of the molecule is CC1CN(S(=O)(=O)c2ccc(C(=O)Nc3ccc4c(c3)C(=O)N(C)C4=O)cc2)CC(C)O1. The van der Waals surface area contributed by atoms with Crippen molar-refractivity contribution in [2.75, 3.05) is 25.5 Å². The van der Waals surface area contributed by atoms with Gasteiger partial charge in [-0.2, -0.15) is 4.31 Å². The second-order valence-electron chi connectivity index (χ2n) is 7.99. The first-order valence-corrected chi connectivity index (χ1v) is 11.6. The molecule has 2 aromatic rings. The van der Waals surface area contributed by atoms with Crippen molar-refractivity contribution in [3.05, 3.63) is 59.2 Å². The lowest BCUT2D eigenvalue weighted by Gasteiger charge is -2.34. The Kier molecular flexibility index (Phi) is 5.61. The highest BCUT2D eigenvalue weighted by molar-refractivity contribution is 7.89. The fourth-order valence-electron chi connectivity index (χ4n) is 3.90. The van der Waals surface area contributed by atoms with Crippen molar-refractivity contribution in [1.82, 2.24) is 9.21 Å². The molecule has 1 N–H and O–H groups in total. The number of ether oxygens (including phenoxy) is 1. The van der Waals surface area contributed by atoms with Crippen LogP contribution in [0, 0.1) is 0 Å². The number of benzene rings is 2. The van der Waals surface area contributed by atoms with Crippen molar-refractivity contribution >= 4 is 33.4 Å². The molecule has 10 heteroatoms. The first kappa shape index (κ1) is 22.1. The summed E-state index contributed by atoms with van der Waals surface area (Å²) >= 11 is 0. The molecule has 2 aromatic carbocycles. The molecule has 1 saturated heterocycles. The minimum absolute atomic E-state index is 0.0972. The predicted molar refractivity (Wildman–Crippen MR) is 116 cm³/mol. The largest absolute Gasteiger partial charge is 0.373 e. The molecule has 0 aromatic heterocycles. The fourth-order valence-corrected chi connectivity index (χ4v) is 5.49. The third-order valence-electron chi connectivity index (χ3n) is 5.49. The predicted octanol–water partition coefficient (Wildman–Crippen LogP) is 1.96. The van der Waals surface area contributed by atoms with Gasteiger partial charge in [-0.3, -0.25) is 19.3 Å². The molecule has 0 saturated carbocycles. The van der Waals surface area contributed by atoms with Gasteiger partial charge < -0.3 is 10.1 Å². The monoisotopic (exact) mass is 457 g/mol. The summed E-state index contributed by atoms with van der Waals surface area (Å²) in [6.07, 6.45) is -0.402.